The average molecular weight is 446 g/mol. The van der Waals surface area contributed by atoms with Crippen LogP contribution in [0, 0.1) is 12.7 Å². The third-order valence-electron chi connectivity index (χ3n) is 4.59. The molecular formula is C24H20FN5OS. The minimum atomic E-state index is -0.403. The number of carbonyl (C=O) groups is 1. The maximum Gasteiger partial charge on any atom is 0.250 e. The van der Waals surface area contributed by atoms with Crippen molar-refractivity contribution in [1.82, 2.24) is 20.2 Å². The zero-order valence-electron chi connectivity index (χ0n) is 17.3. The van der Waals surface area contributed by atoms with Crippen LogP contribution in [0.5, 0.6) is 0 Å². The highest BCUT2D eigenvalue weighted by Gasteiger charge is 2.17. The van der Waals surface area contributed by atoms with Gasteiger partial charge in [-0.2, -0.15) is 5.10 Å². The summed E-state index contributed by atoms with van der Waals surface area (Å²) in [6.45, 7) is 2.03. The number of hydrazone groups is 1. The highest BCUT2D eigenvalue weighted by Crippen LogP contribution is 2.28. The summed E-state index contributed by atoms with van der Waals surface area (Å²) in [7, 11) is 0. The van der Waals surface area contributed by atoms with Gasteiger partial charge in [-0.3, -0.25) is 9.36 Å². The summed E-state index contributed by atoms with van der Waals surface area (Å²) >= 11 is 1.25. The van der Waals surface area contributed by atoms with Crippen LogP contribution in [0.2, 0.25) is 0 Å². The number of benzene rings is 3. The van der Waals surface area contributed by atoms with E-state index < -0.39 is 5.82 Å². The first-order chi connectivity index (χ1) is 15.6. The lowest BCUT2D eigenvalue weighted by molar-refractivity contribution is -0.118. The van der Waals surface area contributed by atoms with Gasteiger partial charge in [0.25, 0.3) is 5.91 Å². The van der Waals surface area contributed by atoms with Gasteiger partial charge in [0, 0.05) is 16.8 Å². The van der Waals surface area contributed by atoms with E-state index in [4.69, 9.17) is 0 Å². The molecular weight excluding hydrogens is 425 g/mol. The van der Waals surface area contributed by atoms with Crippen LogP contribution in [0.3, 0.4) is 0 Å². The highest BCUT2D eigenvalue weighted by atomic mass is 32.2. The van der Waals surface area contributed by atoms with Gasteiger partial charge in [-0.1, -0.05) is 78.0 Å². The van der Waals surface area contributed by atoms with Gasteiger partial charge < -0.3 is 0 Å². The minimum absolute atomic E-state index is 0.0769. The van der Waals surface area contributed by atoms with Crippen LogP contribution in [0.4, 0.5) is 4.39 Å². The van der Waals surface area contributed by atoms with E-state index in [1.807, 2.05) is 66.1 Å². The lowest BCUT2D eigenvalue weighted by atomic mass is 10.1. The molecule has 3 aromatic carbocycles. The molecule has 0 saturated heterocycles. The minimum Gasteiger partial charge on any atom is -0.272 e. The number of para-hydroxylation sites is 1. The molecule has 1 heterocycles. The first kappa shape index (κ1) is 21.5. The Morgan fingerprint density at radius 2 is 1.75 bits per heavy atom. The van der Waals surface area contributed by atoms with Crippen LogP contribution < -0.4 is 5.43 Å². The van der Waals surface area contributed by atoms with Crippen molar-refractivity contribution in [2.24, 2.45) is 5.10 Å². The maximum absolute atomic E-state index is 13.6. The lowest BCUT2D eigenvalue weighted by Gasteiger charge is -2.10. The molecule has 0 atom stereocenters. The second-order valence-corrected chi connectivity index (χ2v) is 7.89. The molecule has 8 heteroatoms. The number of amides is 1. The van der Waals surface area contributed by atoms with Gasteiger partial charge in [-0.05, 0) is 25.1 Å². The van der Waals surface area contributed by atoms with Gasteiger partial charge in [0.15, 0.2) is 11.0 Å². The maximum atomic E-state index is 13.6. The third-order valence-corrected chi connectivity index (χ3v) is 5.52. The molecule has 6 nitrogen and oxygen atoms in total. The average Bonchev–Trinajstić information content (AvgIpc) is 3.24. The number of nitrogens with one attached hydrogen (secondary N) is 1. The molecule has 0 radical (unpaired) electrons. The van der Waals surface area contributed by atoms with Crippen LogP contribution in [0.15, 0.2) is 89.1 Å². The molecule has 0 unspecified atom stereocenters. The van der Waals surface area contributed by atoms with Gasteiger partial charge in [-0.25, -0.2) is 9.82 Å². The Bertz CT molecular complexity index is 1240. The van der Waals surface area contributed by atoms with Crippen molar-refractivity contribution in [3.8, 4) is 17.1 Å². The number of rotatable bonds is 7. The highest BCUT2D eigenvalue weighted by molar-refractivity contribution is 7.99. The van der Waals surface area contributed by atoms with Gasteiger partial charge >= 0.3 is 0 Å². The molecule has 32 heavy (non-hydrogen) atoms. The van der Waals surface area contributed by atoms with E-state index in [2.05, 4.69) is 20.7 Å². The van der Waals surface area contributed by atoms with E-state index in [0.29, 0.717) is 16.5 Å². The number of nitrogens with zero attached hydrogens (tertiary/aromatic N) is 4. The van der Waals surface area contributed by atoms with Crippen molar-refractivity contribution in [1.29, 1.82) is 0 Å². The summed E-state index contributed by atoms with van der Waals surface area (Å²) in [4.78, 5) is 12.3. The third kappa shape index (κ3) is 5.09. The zero-order valence-corrected chi connectivity index (χ0v) is 18.1. The fourth-order valence-electron chi connectivity index (χ4n) is 2.98. The van der Waals surface area contributed by atoms with Gasteiger partial charge in [-0.15, -0.1) is 10.2 Å². The normalized spacial score (nSPS) is 11.1. The molecule has 4 aromatic rings. The summed E-state index contributed by atoms with van der Waals surface area (Å²) in [6.07, 6.45) is 1.28. The van der Waals surface area contributed by atoms with Crippen LogP contribution in [0.1, 0.15) is 11.1 Å². The van der Waals surface area contributed by atoms with E-state index >= 15 is 0 Å². The lowest BCUT2D eigenvalue weighted by Crippen LogP contribution is -2.20. The number of halogens is 1. The van der Waals surface area contributed by atoms with Crippen LogP contribution >= 0.6 is 11.8 Å². The largest absolute Gasteiger partial charge is 0.272 e. The standard InChI is InChI=1S/C24H20FN5OS/c1-17-11-13-18(14-12-17)23-28-29-24(30(23)20-8-3-2-4-9-20)32-16-22(31)27-26-15-19-7-5-6-10-21(19)25/h2-15H,16H2,1H3,(H,27,31)/b26-15-. The monoisotopic (exact) mass is 445 g/mol. The number of aromatic nitrogens is 3. The van der Waals surface area contributed by atoms with E-state index in [1.165, 1.54) is 24.0 Å². The van der Waals surface area contributed by atoms with Gasteiger partial charge in [0.05, 0.1) is 12.0 Å². The molecule has 0 aliphatic rings. The van der Waals surface area contributed by atoms with Crippen LogP contribution in [-0.2, 0) is 4.79 Å². The molecule has 0 spiro atoms. The van der Waals surface area contributed by atoms with E-state index in [9.17, 15) is 9.18 Å². The van der Waals surface area contributed by atoms with Crippen LogP contribution in [-0.4, -0.2) is 32.6 Å². The Kier molecular flexibility index (Phi) is 6.72. The van der Waals surface area contributed by atoms with Crippen molar-refractivity contribution >= 4 is 23.9 Å². The van der Waals surface area contributed by atoms with Gasteiger partial charge in [0.1, 0.15) is 5.82 Å². The molecule has 1 amide bonds. The first-order valence-corrected chi connectivity index (χ1v) is 10.9. The Hall–Kier alpha value is -3.78. The fourth-order valence-corrected chi connectivity index (χ4v) is 3.72. The van der Waals surface area contributed by atoms with Crippen molar-refractivity contribution in [3.63, 3.8) is 0 Å². The SMILES string of the molecule is Cc1ccc(-c2nnc(SCC(=O)N/N=C\c3ccccc3F)n2-c2ccccc2)cc1. The Labute approximate surface area is 189 Å². The molecule has 4 rings (SSSR count). The van der Waals surface area contributed by atoms with Crippen molar-refractivity contribution in [3.05, 3.63) is 95.8 Å². The Balaban J connectivity index is 1.50. The molecule has 0 saturated carbocycles. The van der Waals surface area contributed by atoms with E-state index in [-0.39, 0.29) is 11.7 Å². The second-order valence-electron chi connectivity index (χ2n) is 6.95. The molecule has 0 aliphatic carbocycles. The van der Waals surface area contributed by atoms with Crippen molar-refractivity contribution in [2.45, 2.75) is 12.1 Å². The zero-order chi connectivity index (χ0) is 22.3. The predicted octanol–water partition coefficient (Wildman–Crippen LogP) is 4.62. The van der Waals surface area contributed by atoms with Gasteiger partial charge in [0.2, 0.25) is 0 Å². The number of carbonyl (C=O) groups excluding carboxylic acids is 1. The molecule has 1 N–H and O–H groups in total. The summed E-state index contributed by atoms with van der Waals surface area (Å²) < 4.78 is 15.5. The Morgan fingerprint density at radius 3 is 2.50 bits per heavy atom. The predicted molar refractivity (Wildman–Crippen MR) is 124 cm³/mol. The van der Waals surface area contributed by atoms with E-state index in [0.717, 1.165) is 16.8 Å². The Morgan fingerprint density at radius 1 is 1.03 bits per heavy atom. The fraction of sp³-hybridized carbons (Fsp3) is 0.0833. The number of thioether (sulfide) groups is 1. The first-order valence-electron chi connectivity index (χ1n) is 9.89. The summed E-state index contributed by atoms with van der Waals surface area (Å²) in [5.74, 6) is 0.0336. The number of aryl methyl sites for hydroxylation is 1. The molecule has 0 aliphatic heterocycles. The molecule has 1 aromatic heterocycles. The quantitative estimate of drug-likeness (QED) is 0.256. The number of hydrogen-bond donors (Lipinski definition) is 1. The second kappa shape index (κ2) is 10.0. The topological polar surface area (TPSA) is 72.2 Å². The van der Waals surface area contributed by atoms with Crippen molar-refractivity contribution < 1.29 is 9.18 Å². The molecule has 0 bridgehead atoms. The van der Waals surface area contributed by atoms with Crippen LogP contribution in [0.25, 0.3) is 17.1 Å². The summed E-state index contributed by atoms with van der Waals surface area (Å²) in [6, 6.07) is 24.0. The van der Waals surface area contributed by atoms with Crippen molar-refractivity contribution in [2.75, 3.05) is 5.75 Å². The molecule has 0 fully saturated rings. The summed E-state index contributed by atoms with van der Waals surface area (Å²) in [5, 5.41) is 13.1. The molecule has 160 valence electrons. The smallest absolute Gasteiger partial charge is 0.250 e. The van der Waals surface area contributed by atoms with E-state index in [1.54, 1.807) is 18.2 Å². The summed E-state index contributed by atoms with van der Waals surface area (Å²) in [5.41, 5.74) is 5.70. The number of hydrogen-bond acceptors (Lipinski definition) is 5.